The number of nitrogens with zero attached hydrogens (tertiary/aromatic N) is 1. The Hall–Kier alpha value is -0.0800. The van der Waals surface area contributed by atoms with Gasteiger partial charge < -0.3 is 5.32 Å². The van der Waals surface area contributed by atoms with Crippen molar-refractivity contribution in [2.75, 3.05) is 19.6 Å². The third-order valence-electron chi connectivity index (χ3n) is 3.97. The molecule has 1 fully saturated rings. The van der Waals surface area contributed by atoms with Crippen molar-refractivity contribution in [1.82, 2.24) is 10.2 Å². The average Bonchev–Trinajstić information content (AvgIpc) is 2.22. The van der Waals surface area contributed by atoms with Gasteiger partial charge in [0.2, 0.25) is 0 Å². The molecule has 0 aromatic carbocycles. The zero-order valence-corrected chi connectivity index (χ0v) is 11.8. The van der Waals surface area contributed by atoms with E-state index >= 15 is 0 Å². The van der Waals surface area contributed by atoms with Crippen molar-refractivity contribution in [3.63, 3.8) is 0 Å². The molecule has 16 heavy (non-hydrogen) atoms. The molecule has 0 spiro atoms. The molecule has 0 bridgehead atoms. The molecular formula is C14H30N2. The fourth-order valence-electron chi connectivity index (χ4n) is 2.88. The van der Waals surface area contributed by atoms with Gasteiger partial charge in [-0.3, -0.25) is 4.90 Å². The molecule has 0 radical (unpaired) electrons. The van der Waals surface area contributed by atoms with Gasteiger partial charge in [0.05, 0.1) is 0 Å². The fourth-order valence-corrected chi connectivity index (χ4v) is 2.88. The van der Waals surface area contributed by atoms with E-state index < -0.39 is 0 Å². The van der Waals surface area contributed by atoms with Gasteiger partial charge in [-0.15, -0.1) is 0 Å². The number of nitrogens with one attached hydrogen (secondary N) is 1. The lowest BCUT2D eigenvalue weighted by molar-refractivity contribution is 0.0722. The molecule has 1 aliphatic heterocycles. The minimum atomic E-state index is 0.625. The molecule has 0 saturated carbocycles. The highest BCUT2D eigenvalue weighted by Gasteiger charge is 2.29. The van der Waals surface area contributed by atoms with E-state index in [9.17, 15) is 0 Å². The second-order valence-corrected chi connectivity index (χ2v) is 5.87. The highest BCUT2D eigenvalue weighted by molar-refractivity contribution is 4.83. The van der Waals surface area contributed by atoms with Crippen molar-refractivity contribution in [3.05, 3.63) is 0 Å². The standard InChI is InChI=1S/C14H30N2/c1-6-7-15-13(4)10-16-9-11(2)8-12(3)14(16)5/h11-15H,6-10H2,1-5H3. The van der Waals surface area contributed by atoms with Crippen LogP contribution in [0.15, 0.2) is 0 Å². The molecule has 1 N–H and O–H groups in total. The quantitative estimate of drug-likeness (QED) is 0.775. The zero-order valence-electron chi connectivity index (χ0n) is 11.8. The van der Waals surface area contributed by atoms with Crippen LogP contribution < -0.4 is 5.32 Å². The minimum Gasteiger partial charge on any atom is -0.313 e. The largest absolute Gasteiger partial charge is 0.313 e. The molecule has 0 amide bonds. The number of hydrogen-bond acceptors (Lipinski definition) is 2. The third kappa shape index (κ3) is 4.06. The SMILES string of the molecule is CCCNC(C)CN1CC(C)CC(C)C1C. The molecule has 1 saturated heterocycles. The van der Waals surface area contributed by atoms with E-state index in [4.69, 9.17) is 0 Å². The van der Waals surface area contributed by atoms with Crippen LogP contribution in [0.1, 0.15) is 47.5 Å². The van der Waals surface area contributed by atoms with Crippen LogP contribution >= 0.6 is 0 Å². The highest BCUT2D eigenvalue weighted by atomic mass is 15.2. The van der Waals surface area contributed by atoms with Gasteiger partial charge in [0.1, 0.15) is 0 Å². The second kappa shape index (κ2) is 6.61. The third-order valence-corrected chi connectivity index (χ3v) is 3.97. The van der Waals surface area contributed by atoms with Crippen molar-refractivity contribution in [2.24, 2.45) is 11.8 Å². The lowest BCUT2D eigenvalue weighted by Gasteiger charge is -2.42. The summed E-state index contributed by atoms with van der Waals surface area (Å²) in [6.07, 6.45) is 2.63. The van der Waals surface area contributed by atoms with Crippen LogP contribution in [-0.2, 0) is 0 Å². The summed E-state index contributed by atoms with van der Waals surface area (Å²) in [5.41, 5.74) is 0. The fraction of sp³-hybridized carbons (Fsp3) is 1.00. The number of hydrogen-bond donors (Lipinski definition) is 1. The lowest BCUT2D eigenvalue weighted by Crippen LogP contribution is -2.50. The van der Waals surface area contributed by atoms with Crippen LogP contribution in [0.3, 0.4) is 0 Å². The maximum atomic E-state index is 3.59. The van der Waals surface area contributed by atoms with Crippen molar-refractivity contribution >= 4 is 0 Å². The first kappa shape index (κ1) is 14.0. The predicted molar refractivity (Wildman–Crippen MR) is 71.7 cm³/mol. The molecule has 1 rings (SSSR count). The van der Waals surface area contributed by atoms with E-state index in [-0.39, 0.29) is 0 Å². The summed E-state index contributed by atoms with van der Waals surface area (Å²) in [6.45, 7) is 15.4. The Kier molecular flexibility index (Phi) is 5.77. The van der Waals surface area contributed by atoms with Crippen molar-refractivity contribution in [3.8, 4) is 0 Å². The van der Waals surface area contributed by atoms with Gasteiger partial charge in [0.25, 0.3) is 0 Å². The first-order chi connectivity index (χ1) is 7.54. The van der Waals surface area contributed by atoms with Gasteiger partial charge in [-0.05, 0) is 45.1 Å². The second-order valence-electron chi connectivity index (χ2n) is 5.87. The van der Waals surface area contributed by atoms with Crippen LogP contribution in [0.4, 0.5) is 0 Å². The van der Waals surface area contributed by atoms with Gasteiger partial charge in [0, 0.05) is 25.2 Å². The first-order valence-corrected chi connectivity index (χ1v) is 7.02. The molecule has 2 heteroatoms. The molecular weight excluding hydrogens is 196 g/mol. The highest BCUT2D eigenvalue weighted by Crippen LogP contribution is 2.26. The molecule has 4 unspecified atom stereocenters. The number of piperidine rings is 1. The monoisotopic (exact) mass is 226 g/mol. The molecule has 4 atom stereocenters. The summed E-state index contributed by atoms with van der Waals surface area (Å²) in [5.74, 6) is 1.71. The summed E-state index contributed by atoms with van der Waals surface area (Å²) < 4.78 is 0. The minimum absolute atomic E-state index is 0.625. The van der Waals surface area contributed by atoms with Gasteiger partial charge in [-0.1, -0.05) is 20.8 Å². The average molecular weight is 226 g/mol. The number of likely N-dealkylation sites (tertiary alicyclic amines) is 1. The molecule has 0 aromatic heterocycles. The maximum absolute atomic E-state index is 3.59. The summed E-state index contributed by atoms with van der Waals surface area (Å²) in [7, 11) is 0. The Labute approximate surface area is 102 Å². The van der Waals surface area contributed by atoms with E-state index in [1.807, 2.05) is 0 Å². The van der Waals surface area contributed by atoms with E-state index in [2.05, 4.69) is 44.8 Å². The maximum Gasteiger partial charge on any atom is 0.0166 e. The van der Waals surface area contributed by atoms with Crippen molar-refractivity contribution < 1.29 is 0 Å². The normalized spacial score (nSPS) is 33.9. The van der Waals surface area contributed by atoms with Crippen LogP contribution in [0.2, 0.25) is 0 Å². The molecule has 0 aromatic rings. The van der Waals surface area contributed by atoms with E-state index in [1.54, 1.807) is 0 Å². The van der Waals surface area contributed by atoms with Crippen LogP contribution in [0.5, 0.6) is 0 Å². The Morgan fingerprint density at radius 3 is 2.62 bits per heavy atom. The topological polar surface area (TPSA) is 15.3 Å². The summed E-state index contributed by atoms with van der Waals surface area (Å²) >= 11 is 0. The molecule has 2 nitrogen and oxygen atoms in total. The Morgan fingerprint density at radius 2 is 2.00 bits per heavy atom. The van der Waals surface area contributed by atoms with Gasteiger partial charge in [0.15, 0.2) is 0 Å². The molecule has 1 aliphatic rings. The van der Waals surface area contributed by atoms with Crippen molar-refractivity contribution in [1.29, 1.82) is 0 Å². The Morgan fingerprint density at radius 1 is 1.31 bits per heavy atom. The van der Waals surface area contributed by atoms with Gasteiger partial charge >= 0.3 is 0 Å². The van der Waals surface area contributed by atoms with Gasteiger partial charge in [-0.25, -0.2) is 0 Å². The van der Waals surface area contributed by atoms with Crippen LogP contribution in [0, 0.1) is 11.8 Å². The smallest absolute Gasteiger partial charge is 0.0166 e. The molecule has 96 valence electrons. The Balaban J connectivity index is 2.39. The summed E-state index contributed by atoms with van der Waals surface area (Å²) in [4.78, 5) is 2.67. The van der Waals surface area contributed by atoms with Crippen LogP contribution in [-0.4, -0.2) is 36.6 Å². The summed E-state index contributed by atoms with van der Waals surface area (Å²) in [6, 6.07) is 1.38. The van der Waals surface area contributed by atoms with E-state index in [1.165, 1.54) is 25.9 Å². The molecule has 1 heterocycles. The van der Waals surface area contributed by atoms with E-state index in [0.29, 0.717) is 6.04 Å². The van der Waals surface area contributed by atoms with Crippen LogP contribution in [0.25, 0.3) is 0 Å². The molecule has 0 aliphatic carbocycles. The Bertz CT molecular complexity index is 193. The predicted octanol–water partition coefficient (Wildman–Crippen LogP) is 2.74. The van der Waals surface area contributed by atoms with Gasteiger partial charge in [-0.2, -0.15) is 0 Å². The number of rotatable bonds is 5. The van der Waals surface area contributed by atoms with E-state index in [0.717, 1.165) is 24.4 Å². The first-order valence-electron chi connectivity index (χ1n) is 7.02. The zero-order chi connectivity index (χ0) is 12.1. The lowest BCUT2D eigenvalue weighted by atomic mass is 9.86. The van der Waals surface area contributed by atoms with Crippen molar-refractivity contribution in [2.45, 2.75) is 59.5 Å². The summed E-state index contributed by atoms with van der Waals surface area (Å²) in [5, 5.41) is 3.59.